The monoisotopic (exact) mass is 483 g/mol. The lowest BCUT2D eigenvalue weighted by molar-refractivity contribution is -0.131. The molecule has 1 amide bonds. The van der Waals surface area contributed by atoms with E-state index in [4.69, 9.17) is 0 Å². The number of aryl methyl sites for hydroxylation is 1. The molecular formula is C31H27F2NO2. The number of carbonyl (C=O) groups excluding carboxylic acids is 1. The summed E-state index contributed by atoms with van der Waals surface area (Å²) in [7, 11) is 0. The van der Waals surface area contributed by atoms with Gasteiger partial charge in [0.2, 0.25) is 5.91 Å². The molecule has 1 saturated heterocycles. The first-order valence-electron chi connectivity index (χ1n) is 12.1. The van der Waals surface area contributed by atoms with E-state index in [-0.39, 0.29) is 29.5 Å². The van der Waals surface area contributed by atoms with Gasteiger partial charge in [-0.2, -0.15) is 0 Å². The van der Waals surface area contributed by atoms with E-state index in [0.29, 0.717) is 24.1 Å². The van der Waals surface area contributed by atoms with Crippen LogP contribution in [0.5, 0.6) is 0 Å². The van der Waals surface area contributed by atoms with Crippen molar-refractivity contribution in [2.45, 2.75) is 31.9 Å². The van der Waals surface area contributed by atoms with Crippen LogP contribution in [0.2, 0.25) is 0 Å². The van der Waals surface area contributed by atoms with Crippen molar-refractivity contribution in [2.24, 2.45) is 5.92 Å². The molecule has 1 fully saturated rings. The lowest BCUT2D eigenvalue weighted by Gasteiger charge is -2.48. The second-order valence-corrected chi connectivity index (χ2v) is 9.32. The number of hydrogen-bond acceptors (Lipinski definition) is 2. The van der Waals surface area contributed by atoms with Crippen LogP contribution in [-0.4, -0.2) is 11.0 Å². The van der Waals surface area contributed by atoms with E-state index in [2.05, 4.69) is 31.2 Å². The molecule has 4 aromatic rings. The summed E-state index contributed by atoms with van der Waals surface area (Å²) in [5, 5.41) is 10.6. The molecule has 1 aliphatic rings. The molecule has 0 bridgehead atoms. The summed E-state index contributed by atoms with van der Waals surface area (Å²) in [5.74, 6) is -1.09. The van der Waals surface area contributed by atoms with Gasteiger partial charge in [-0.25, -0.2) is 8.78 Å². The Bertz CT molecular complexity index is 1350. The molecule has 4 aromatic carbocycles. The van der Waals surface area contributed by atoms with Crippen molar-refractivity contribution in [1.82, 2.24) is 0 Å². The van der Waals surface area contributed by atoms with Gasteiger partial charge in [0.25, 0.3) is 0 Å². The van der Waals surface area contributed by atoms with Crippen LogP contribution < -0.4 is 4.90 Å². The van der Waals surface area contributed by atoms with Crippen molar-refractivity contribution in [2.75, 3.05) is 4.90 Å². The summed E-state index contributed by atoms with van der Waals surface area (Å²) in [4.78, 5) is 15.0. The number of benzene rings is 4. The number of anilines is 1. The summed E-state index contributed by atoms with van der Waals surface area (Å²) in [6.45, 7) is 2.08. The maximum absolute atomic E-state index is 13.5. The van der Waals surface area contributed by atoms with E-state index in [1.54, 1.807) is 29.2 Å². The lowest BCUT2D eigenvalue weighted by atomic mass is 9.78. The van der Waals surface area contributed by atoms with Crippen LogP contribution in [0.4, 0.5) is 14.5 Å². The predicted octanol–water partition coefficient (Wildman–Crippen LogP) is 7.16. The molecule has 0 radical (unpaired) electrons. The summed E-state index contributed by atoms with van der Waals surface area (Å²) in [6.07, 6.45) is 0.0541. The Balaban J connectivity index is 1.40. The smallest absolute Gasteiger partial charge is 0.233 e. The topological polar surface area (TPSA) is 40.5 Å². The Morgan fingerprint density at radius 3 is 2.08 bits per heavy atom. The van der Waals surface area contributed by atoms with Gasteiger partial charge in [-0.3, -0.25) is 4.79 Å². The molecule has 0 aliphatic carbocycles. The fourth-order valence-electron chi connectivity index (χ4n) is 5.05. The number of aliphatic hydroxyl groups excluding tert-OH is 1. The van der Waals surface area contributed by atoms with Gasteiger partial charge < -0.3 is 10.0 Å². The number of carbonyl (C=O) groups is 1. The maximum atomic E-state index is 13.5. The van der Waals surface area contributed by atoms with Crippen LogP contribution in [0, 0.1) is 24.5 Å². The van der Waals surface area contributed by atoms with E-state index >= 15 is 0 Å². The number of hydrogen-bond donors (Lipinski definition) is 1. The van der Waals surface area contributed by atoms with Gasteiger partial charge in [0.15, 0.2) is 0 Å². The minimum absolute atomic E-state index is 0.0547. The number of rotatable bonds is 7. The maximum Gasteiger partial charge on any atom is 0.233 e. The molecule has 0 saturated carbocycles. The Kier molecular flexibility index (Phi) is 6.66. The average molecular weight is 484 g/mol. The molecular weight excluding hydrogens is 456 g/mol. The van der Waals surface area contributed by atoms with Gasteiger partial charge >= 0.3 is 0 Å². The first-order valence-corrected chi connectivity index (χ1v) is 12.1. The predicted molar refractivity (Wildman–Crippen MR) is 137 cm³/mol. The van der Waals surface area contributed by atoms with E-state index in [1.165, 1.54) is 29.8 Å². The molecule has 182 valence electrons. The molecule has 1 aliphatic heterocycles. The summed E-state index contributed by atoms with van der Waals surface area (Å²) >= 11 is 0. The van der Waals surface area contributed by atoms with Gasteiger partial charge in [0.1, 0.15) is 11.6 Å². The van der Waals surface area contributed by atoms with Crippen LogP contribution in [0.3, 0.4) is 0 Å². The first-order chi connectivity index (χ1) is 17.4. The summed E-state index contributed by atoms with van der Waals surface area (Å²) < 4.78 is 26.8. The number of nitrogens with zero attached hydrogens (tertiary/aromatic N) is 1. The average Bonchev–Trinajstić information content (AvgIpc) is 2.89. The fraction of sp³-hybridized carbons (Fsp3) is 0.194. The number of β-lactam (4-membered cyclic amide) rings is 1. The van der Waals surface area contributed by atoms with Crippen LogP contribution in [-0.2, 0) is 4.79 Å². The van der Waals surface area contributed by atoms with Gasteiger partial charge in [0.05, 0.1) is 18.1 Å². The SMILES string of the molecule is Cc1ccccc1-c1ccc(C2C(CC[C@H](O)c3ccc(F)cc3)C(=O)N2c2ccc(F)cc2)cc1. The minimum Gasteiger partial charge on any atom is -0.388 e. The molecule has 2 unspecified atom stereocenters. The third kappa shape index (κ3) is 4.67. The van der Waals surface area contributed by atoms with E-state index < -0.39 is 6.10 Å². The largest absolute Gasteiger partial charge is 0.388 e. The van der Waals surface area contributed by atoms with E-state index in [9.17, 15) is 18.7 Å². The minimum atomic E-state index is -0.789. The lowest BCUT2D eigenvalue weighted by Crippen LogP contribution is -2.55. The highest BCUT2D eigenvalue weighted by Crippen LogP contribution is 2.46. The highest BCUT2D eigenvalue weighted by atomic mass is 19.1. The standard InChI is InChI=1S/C31H27F2NO2/c1-20-4-2-3-5-27(20)21-6-8-23(9-7-21)30-28(18-19-29(35)22-10-12-24(32)13-11-22)31(36)34(30)26-16-14-25(33)15-17-26/h2-17,28-30,35H,18-19H2,1H3/t28?,29-,30?/m0/s1. The number of amides is 1. The van der Waals surface area contributed by atoms with Gasteiger partial charge in [0, 0.05) is 5.69 Å². The van der Waals surface area contributed by atoms with Crippen molar-refractivity contribution < 1.29 is 18.7 Å². The molecule has 0 spiro atoms. The van der Waals surface area contributed by atoms with Crippen molar-refractivity contribution in [3.05, 3.63) is 125 Å². The normalized spacial score (nSPS) is 18.1. The van der Waals surface area contributed by atoms with E-state index in [0.717, 1.165) is 16.7 Å². The van der Waals surface area contributed by atoms with Crippen LogP contribution in [0.1, 0.15) is 41.7 Å². The highest BCUT2D eigenvalue weighted by molar-refractivity contribution is 6.03. The Hall–Kier alpha value is -3.83. The second kappa shape index (κ2) is 10.0. The summed E-state index contributed by atoms with van der Waals surface area (Å²) in [6, 6.07) is 27.9. The highest BCUT2D eigenvalue weighted by Gasteiger charge is 2.48. The molecule has 3 atom stereocenters. The zero-order valence-corrected chi connectivity index (χ0v) is 19.9. The van der Waals surface area contributed by atoms with Crippen LogP contribution >= 0.6 is 0 Å². The fourth-order valence-corrected chi connectivity index (χ4v) is 5.05. The van der Waals surface area contributed by atoms with Crippen molar-refractivity contribution in [3.8, 4) is 11.1 Å². The molecule has 5 rings (SSSR count). The second-order valence-electron chi connectivity index (χ2n) is 9.32. The van der Waals surface area contributed by atoms with Gasteiger partial charge in [-0.1, -0.05) is 60.7 Å². The number of halogens is 2. The zero-order chi connectivity index (χ0) is 25.2. The molecule has 3 nitrogen and oxygen atoms in total. The first kappa shape index (κ1) is 23.9. The molecule has 36 heavy (non-hydrogen) atoms. The Morgan fingerprint density at radius 1 is 0.833 bits per heavy atom. The number of aliphatic hydroxyl groups is 1. The van der Waals surface area contributed by atoms with Crippen molar-refractivity contribution in [3.63, 3.8) is 0 Å². The Labute approximate surface area is 209 Å². The zero-order valence-electron chi connectivity index (χ0n) is 19.9. The molecule has 1 heterocycles. The molecule has 5 heteroatoms. The van der Waals surface area contributed by atoms with Crippen LogP contribution in [0.25, 0.3) is 11.1 Å². The molecule has 0 aromatic heterocycles. The Morgan fingerprint density at radius 2 is 1.44 bits per heavy atom. The third-order valence-electron chi connectivity index (χ3n) is 7.03. The third-order valence-corrected chi connectivity index (χ3v) is 7.03. The van der Waals surface area contributed by atoms with Crippen molar-refractivity contribution in [1.29, 1.82) is 0 Å². The van der Waals surface area contributed by atoms with E-state index in [1.807, 2.05) is 24.3 Å². The van der Waals surface area contributed by atoms with Gasteiger partial charge in [-0.05, 0) is 84.0 Å². The van der Waals surface area contributed by atoms with Crippen molar-refractivity contribution >= 4 is 11.6 Å². The van der Waals surface area contributed by atoms with Crippen LogP contribution in [0.15, 0.2) is 97.1 Å². The quantitative estimate of drug-likeness (QED) is 0.283. The molecule has 1 N–H and O–H groups in total. The summed E-state index contributed by atoms with van der Waals surface area (Å²) in [5.41, 5.74) is 5.69. The van der Waals surface area contributed by atoms with Gasteiger partial charge in [-0.15, -0.1) is 0 Å².